The van der Waals surface area contributed by atoms with Gasteiger partial charge in [0.1, 0.15) is 5.75 Å². The second-order valence-corrected chi connectivity index (χ2v) is 6.31. The summed E-state index contributed by atoms with van der Waals surface area (Å²) < 4.78 is 5.84. The number of hydrogen-bond donors (Lipinski definition) is 1. The number of aromatic nitrogens is 1. The third-order valence-corrected chi connectivity index (χ3v) is 4.66. The maximum Gasteiger partial charge on any atom is 0.219 e. The van der Waals surface area contributed by atoms with Crippen LogP contribution in [0.1, 0.15) is 29.0 Å². The average Bonchev–Trinajstić information content (AvgIpc) is 2.64. The number of hydrogen-bond acceptors (Lipinski definition) is 3. The van der Waals surface area contributed by atoms with E-state index in [-0.39, 0.29) is 0 Å². The highest BCUT2D eigenvalue weighted by molar-refractivity contribution is 5.42. The Hall–Kier alpha value is -2.81. The van der Waals surface area contributed by atoms with Gasteiger partial charge in [-0.2, -0.15) is 0 Å². The van der Waals surface area contributed by atoms with Crippen molar-refractivity contribution in [3.8, 4) is 11.6 Å². The minimum Gasteiger partial charge on any atom is -0.439 e. The van der Waals surface area contributed by atoms with E-state index in [1.807, 2.05) is 6.07 Å². The van der Waals surface area contributed by atoms with Crippen molar-refractivity contribution in [3.63, 3.8) is 0 Å². The van der Waals surface area contributed by atoms with E-state index in [0.29, 0.717) is 17.5 Å². The molecular weight excluding hydrogens is 296 g/mol. The summed E-state index contributed by atoms with van der Waals surface area (Å²) in [5, 5.41) is 0. The van der Waals surface area contributed by atoms with Crippen molar-refractivity contribution >= 4 is 5.69 Å². The molecule has 1 unspecified atom stereocenters. The molecule has 0 aliphatic heterocycles. The lowest BCUT2D eigenvalue weighted by Gasteiger charge is -2.25. The van der Waals surface area contributed by atoms with E-state index < -0.39 is 0 Å². The summed E-state index contributed by atoms with van der Waals surface area (Å²) in [6.45, 7) is 0. The van der Waals surface area contributed by atoms with Crippen LogP contribution in [0.2, 0.25) is 0 Å². The molecule has 1 aliphatic rings. The number of rotatable bonds is 3. The number of nitrogens with two attached hydrogens (primary N) is 1. The molecule has 1 aromatic heterocycles. The molecule has 3 heteroatoms. The predicted molar refractivity (Wildman–Crippen MR) is 96.4 cm³/mol. The summed E-state index contributed by atoms with van der Waals surface area (Å²) in [5.41, 5.74) is 10.5. The van der Waals surface area contributed by atoms with E-state index in [1.165, 1.54) is 23.1 Å². The van der Waals surface area contributed by atoms with Crippen molar-refractivity contribution in [1.29, 1.82) is 0 Å². The van der Waals surface area contributed by atoms with Gasteiger partial charge in [-0.1, -0.05) is 36.4 Å². The van der Waals surface area contributed by atoms with Crippen molar-refractivity contribution in [2.24, 2.45) is 0 Å². The zero-order valence-corrected chi connectivity index (χ0v) is 13.5. The van der Waals surface area contributed by atoms with E-state index in [0.717, 1.165) is 18.6 Å². The second-order valence-electron chi connectivity index (χ2n) is 6.31. The number of anilines is 1. The van der Waals surface area contributed by atoms with Crippen LogP contribution >= 0.6 is 0 Å². The third kappa shape index (κ3) is 3.11. The van der Waals surface area contributed by atoms with Gasteiger partial charge in [-0.25, -0.2) is 4.98 Å². The lowest BCUT2D eigenvalue weighted by molar-refractivity contribution is 0.460. The SMILES string of the molecule is Nc1ccc(Oc2ccc3c(c2)CCC(c2ccccc2)C3)nc1. The number of pyridine rings is 1. The van der Waals surface area contributed by atoms with Gasteiger partial charge in [-0.05, 0) is 60.1 Å². The lowest BCUT2D eigenvalue weighted by Crippen LogP contribution is -2.12. The molecule has 0 saturated heterocycles. The highest BCUT2D eigenvalue weighted by atomic mass is 16.5. The predicted octanol–water partition coefficient (Wildman–Crippen LogP) is 4.73. The highest BCUT2D eigenvalue weighted by Crippen LogP contribution is 2.34. The quantitative estimate of drug-likeness (QED) is 0.760. The first kappa shape index (κ1) is 14.8. The Morgan fingerprint density at radius 3 is 2.62 bits per heavy atom. The summed E-state index contributed by atoms with van der Waals surface area (Å²) in [7, 11) is 0. The van der Waals surface area contributed by atoms with Crippen LogP contribution < -0.4 is 10.5 Å². The Morgan fingerprint density at radius 1 is 0.958 bits per heavy atom. The molecular formula is C21H20N2O. The fraction of sp³-hybridized carbons (Fsp3) is 0.190. The van der Waals surface area contributed by atoms with Crippen molar-refractivity contribution in [3.05, 3.63) is 83.6 Å². The van der Waals surface area contributed by atoms with Gasteiger partial charge < -0.3 is 10.5 Å². The van der Waals surface area contributed by atoms with Gasteiger partial charge in [0.25, 0.3) is 0 Å². The average molecular weight is 316 g/mol. The van der Waals surface area contributed by atoms with E-state index in [2.05, 4.69) is 47.4 Å². The van der Waals surface area contributed by atoms with Crippen LogP contribution in [0.3, 0.4) is 0 Å². The van der Waals surface area contributed by atoms with Crippen LogP contribution in [0.15, 0.2) is 66.9 Å². The number of nitrogen functional groups attached to an aromatic ring is 1. The number of benzene rings is 2. The Labute approximate surface area is 142 Å². The Morgan fingerprint density at radius 2 is 1.83 bits per heavy atom. The van der Waals surface area contributed by atoms with Crippen LogP contribution in [-0.2, 0) is 12.8 Å². The number of ether oxygens (including phenoxy) is 1. The fourth-order valence-corrected chi connectivity index (χ4v) is 3.38. The summed E-state index contributed by atoms with van der Waals surface area (Å²) >= 11 is 0. The van der Waals surface area contributed by atoms with Gasteiger partial charge in [-0.3, -0.25) is 0 Å². The van der Waals surface area contributed by atoms with Crippen LogP contribution in [0.25, 0.3) is 0 Å². The van der Waals surface area contributed by atoms with E-state index in [4.69, 9.17) is 10.5 Å². The van der Waals surface area contributed by atoms with E-state index in [1.54, 1.807) is 18.3 Å². The molecule has 2 N–H and O–H groups in total. The molecule has 1 atom stereocenters. The normalized spacial score (nSPS) is 16.4. The largest absolute Gasteiger partial charge is 0.439 e. The van der Waals surface area contributed by atoms with E-state index in [9.17, 15) is 0 Å². The first-order valence-corrected chi connectivity index (χ1v) is 8.34. The molecule has 0 radical (unpaired) electrons. The Kier molecular flexibility index (Phi) is 3.91. The first-order chi connectivity index (χ1) is 11.8. The van der Waals surface area contributed by atoms with Crippen LogP contribution in [-0.4, -0.2) is 4.98 Å². The topological polar surface area (TPSA) is 48.1 Å². The Balaban J connectivity index is 1.52. The molecule has 3 nitrogen and oxygen atoms in total. The standard InChI is InChI=1S/C21H20N2O/c22-19-9-11-21(23-14-19)24-20-10-8-17-12-16(6-7-18(17)13-20)15-4-2-1-3-5-15/h1-5,8-11,13-14,16H,6-7,12,22H2. The molecule has 3 aromatic rings. The number of nitrogens with zero attached hydrogens (tertiary/aromatic N) is 1. The number of aryl methyl sites for hydroxylation is 1. The summed E-state index contributed by atoms with van der Waals surface area (Å²) in [6.07, 6.45) is 4.97. The smallest absolute Gasteiger partial charge is 0.219 e. The van der Waals surface area contributed by atoms with Crippen molar-refractivity contribution in [2.45, 2.75) is 25.2 Å². The highest BCUT2D eigenvalue weighted by Gasteiger charge is 2.20. The van der Waals surface area contributed by atoms with Gasteiger partial charge in [0, 0.05) is 6.07 Å². The van der Waals surface area contributed by atoms with Crippen molar-refractivity contribution in [2.75, 3.05) is 5.73 Å². The molecule has 24 heavy (non-hydrogen) atoms. The Bertz CT molecular complexity index is 828. The molecule has 2 aromatic carbocycles. The molecule has 0 saturated carbocycles. The van der Waals surface area contributed by atoms with Gasteiger partial charge in [0.2, 0.25) is 5.88 Å². The van der Waals surface area contributed by atoms with Crippen LogP contribution in [0.4, 0.5) is 5.69 Å². The lowest BCUT2D eigenvalue weighted by atomic mass is 9.80. The van der Waals surface area contributed by atoms with Crippen molar-refractivity contribution in [1.82, 2.24) is 4.98 Å². The summed E-state index contributed by atoms with van der Waals surface area (Å²) in [4.78, 5) is 4.19. The minimum atomic E-state index is 0.571. The molecule has 0 spiro atoms. The van der Waals surface area contributed by atoms with E-state index >= 15 is 0 Å². The summed E-state index contributed by atoms with van der Waals surface area (Å²) in [6, 6.07) is 20.8. The molecule has 0 bridgehead atoms. The van der Waals surface area contributed by atoms with Crippen LogP contribution in [0.5, 0.6) is 11.6 Å². The summed E-state index contributed by atoms with van der Waals surface area (Å²) in [5.74, 6) is 2.02. The molecule has 0 fully saturated rings. The molecule has 4 rings (SSSR count). The second kappa shape index (κ2) is 6.36. The monoisotopic (exact) mass is 316 g/mol. The minimum absolute atomic E-state index is 0.571. The van der Waals surface area contributed by atoms with Gasteiger partial charge in [0.15, 0.2) is 0 Å². The third-order valence-electron chi connectivity index (χ3n) is 4.66. The maximum atomic E-state index is 5.84. The van der Waals surface area contributed by atoms with Crippen LogP contribution in [0, 0.1) is 0 Å². The van der Waals surface area contributed by atoms with Crippen molar-refractivity contribution < 1.29 is 4.74 Å². The molecule has 1 heterocycles. The van der Waals surface area contributed by atoms with Gasteiger partial charge >= 0.3 is 0 Å². The zero-order chi connectivity index (χ0) is 16.4. The van der Waals surface area contributed by atoms with Gasteiger partial charge in [0.05, 0.1) is 11.9 Å². The molecule has 1 aliphatic carbocycles. The fourth-order valence-electron chi connectivity index (χ4n) is 3.38. The number of fused-ring (bicyclic) bond motifs is 1. The molecule has 120 valence electrons. The molecule has 0 amide bonds. The van der Waals surface area contributed by atoms with Gasteiger partial charge in [-0.15, -0.1) is 0 Å². The maximum absolute atomic E-state index is 5.84. The zero-order valence-electron chi connectivity index (χ0n) is 13.5. The first-order valence-electron chi connectivity index (χ1n) is 8.34.